The van der Waals surface area contributed by atoms with E-state index in [9.17, 15) is 19.7 Å². The van der Waals surface area contributed by atoms with Crippen LogP contribution < -0.4 is 4.90 Å². The zero-order valence-corrected chi connectivity index (χ0v) is 11.4. The van der Waals surface area contributed by atoms with E-state index in [1.807, 2.05) is 0 Å². The SMILES string of the molecule is O=C(O)CCCCC(=O)N1CCc2c1cccc2[N+](=O)[O-]. The van der Waals surface area contributed by atoms with Crippen molar-refractivity contribution < 1.29 is 19.6 Å². The molecule has 1 aliphatic heterocycles. The molecule has 112 valence electrons. The van der Waals surface area contributed by atoms with Gasteiger partial charge in [-0.25, -0.2) is 0 Å². The minimum Gasteiger partial charge on any atom is -0.481 e. The van der Waals surface area contributed by atoms with Crippen LogP contribution in [0.4, 0.5) is 11.4 Å². The molecule has 0 saturated heterocycles. The minimum absolute atomic E-state index is 0.0497. The maximum Gasteiger partial charge on any atom is 0.303 e. The quantitative estimate of drug-likeness (QED) is 0.491. The zero-order valence-electron chi connectivity index (χ0n) is 11.4. The molecule has 1 amide bonds. The van der Waals surface area contributed by atoms with Gasteiger partial charge in [-0.3, -0.25) is 19.7 Å². The van der Waals surface area contributed by atoms with Gasteiger partial charge in [0.15, 0.2) is 0 Å². The van der Waals surface area contributed by atoms with E-state index < -0.39 is 10.9 Å². The summed E-state index contributed by atoms with van der Waals surface area (Å²) in [6.07, 6.45) is 1.75. The number of nitro benzene ring substituents is 1. The van der Waals surface area contributed by atoms with Crippen LogP contribution in [0.1, 0.15) is 31.2 Å². The Labute approximate surface area is 121 Å². The van der Waals surface area contributed by atoms with Crippen LogP contribution in [0, 0.1) is 10.1 Å². The minimum atomic E-state index is -0.871. The zero-order chi connectivity index (χ0) is 15.4. The van der Waals surface area contributed by atoms with Crippen molar-refractivity contribution >= 4 is 23.3 Å². The van der Waals surface area contributed by atoms with Crippen molar-refractivity contribution in [3.8, 4) is 0 Å². The van der Waals surface area contributed by atoms with E-state index in [2.05, 4.69) is 0 Å². The average Bonchev–Trinajstić information content (AvgIpc) is 2.86. The van der Waals surface area contributed by atoms with Crippen molar-refractivity contribution in [1.29, 1.82) is 0 Å². The summed E-state index contributed by atoms with van der Waals surface area (Å²) < 4.78 is 0. The number of carbonyl (C=O) groups excluding carboxylic acids is 1. The molecule has 0 unspecified atom stereocenters. The van der Waals surface area contributed by atoms with E-state index in [-0.39, 0.29) is 24.4 Å². The van der Waals surface area contributed by atoms with E-state index in [4.69, 9.17) is 5.11 Å². The first kappa shape index (κ1) is 15.0. The van der Waals surface area contributed by atoms with Gasteiger partial charge in [0.25, 0.3) is 5.69 Å². The third-order valence-corrected chi connectivity index (χ3v) is 3.53. The number of amides is 1. The summed E-state index contributed by atoms with van der Waals surface area (Å²) in [5.74, 6) is -0.982. The third-order valence-electron chi connectivity index (χ3n) is 3.53. The molecule has 2 rings (SSSR count). The smallest absolute Gasteiger partial charge is 0.303 e. The molecule has 1 aromatic rings. The second kappa shape index (κ2) is 6.34. The molecule has 7 nitrogen and oxygen atoms in total. The summed E-state index contributed by atoms with van der Waals surface area (Å²) in [4.78, 5) is 34.6. The Hall–Kier alpha value is -2.44. The summed E-state index contributed by atoms with van der Waals surface area (Å²) in [6.45, 7) is 0.442. The Morgan fingerprint density at radius 2 is 2.00 bits per heavy atom. The Kier molecular flexibility index (Phi) is 4.52. The van der Waals surface area contributed by atoms with E-state index >= 15 is 0 Å². The first-order valence-corrected chi connectivity index (χ1v) is 6.79. The number of nitro groups is 1. The van der Waals surface area contributed by atoms with Gasteiger partial charge >= 0.3 is 5.97 Å². The molecule has 1 N–H and O–H groups in total. The lowest BCUT2D eigenvalue weighted by Gasteiger charge is -2.17. The number of hydrogen-bond acceptors (Lipinski definition) is 4. The number of rotatable bonds is 6. The van der Waals surface area contributed by atoms with Gasteiger partial charge in [0, 0.05) is 25.5 Å². The molecule has 1 aromatic carbocycles. The Balaban J connectivity index is 2.02. The monoisotopic (exact) mass is 292 g/mol. The van der Waals surface area contributed by atoms with Gasteiger partial charge in [-0.15, -0.1) is 0 Å². The normalized spacial score (nSPS) is 13.0. The summed E-state index contributed by atoms with van der Waals surface area (Å²) >= 11 is 0. The maximum absolute atomic E-state index is 12.1. The molecular formula is C14H16N2O5. The van der Waals surface area contributed by atoms with Crippen LogP contribution >= 0.6 is 0 Å². The molecular weight excluding hydrogens is 276 g/mol. The van der Waals surface area contributed by atoms with Crippen LogP contribution in [0.5, 0.6) is 0 Å². The maximum atomic E-state index is 12.1. The predicted molar refractivity (Wildman–Crippen MR) is 75.3 cm³/mol. The topological polar surface area (TPSA) is 101 Å². The van der Waals surface area contributed by atoms with Crippen molar-refractivity contribution in [2.24, 2.45) is 0 Å². The fourth-order valence-electron chi connectivity index (χ4n) is 2.53. The lowest BCUT2D eigenvalue weighted by molar-refractivity contribution is -0.385. The lowest BCUT2D eigenvalue weighted by Crippen LogP contribution is -2.28. The lowest BCUT2D eigenvalue weighted by atomic mass is 10.1. The van der Waals surface area contributed by atoms with E-state index in [0.717, 1.165) is 0 Å². The highest BCUT2D eigenvalue weighted by atomic mass is 16.6. The van der Waals surface area contributed by atoms with Crippen molar-refractivity contribution in [2.45, 2.75) is 32.1 Å². The molecule has 0 radical (unpaired) electrons. The number of nitrogens with zero attached hydrogens (tertiary/aromatic N) is 2. The Morgan fingerprint density at radius 3 is 2.67 bits per heavy atom. The summed E-state index contributed by atoms with van der Waals surface area (Å²) in [6, 6.07) is 4.73. The second-order valence-electron chi connectivity index (χ2n) is 4.93. The highest BCUT2D eigenvalue weighted by Gasteiger charge is 2.29. The molecule has 0 aliphatic carbocycles. The first-order chi connectivity index (χ1) is 10.0. The standard InChI is InChI=1S/C14H16N2O5/c17-13(6-1-2-7-14(18)19)15-9-8-10-11(15)4-3-5-12(10)16(20)21/h3-5H,1-2,6-9H2,(H,18,19). The average molecular weight is 292 g/mol. The highest BCUT2D eigenvalue weighted by Crippen LogP contribution is 2.35. The van der Waals surface area contributed by atoms with Crippen LogP contribution in [-0.4, -0.2) is 28.5 Å². The van der Waals surface area contributed by atoms with Crippen molar-refractivity contribution in [1.82, 2.24) is 0 Å². The van der Waals surface area contributed by atoms with Crippen LogP contribution in [0.3, 0.4) is 0 Å². The number of carboxylic acid groups (broad SMARTS) is 1. The molecule has 0 fully saturated rings. The summed E-state index contributed by atoms with van der Waals surface area (Å²) in [5.41, 5.74) is 1.25. The van der Waals surface area contributed by atoms with Gasteiger partial charge in [-0.1, -0.05) is 6.07 Å². The fraction of sp³-hybridized carbons (Fsp3) is 0.429. The molecule has 7 heteroatoms. The van der Waals surface area contributed by atoms with Gasteiger partial charge in [-0.2, -0.15) is 0 Å². The number of carboxylic acids is 1. The summed E-state index contributed by atoms with van der Waals surface area (Å²) in [5, 5.41) is 19.5. The van der Waals surface area contributed by atoms with Gasteiger partial charge in [-0.05, 0) is 25.3 Å². The fourth-order valence-corrected chi connectivity index (χ4v) is 2.53. The number of benzene rings is 1. The number of aliphatic carboxylic acids is 1. The molecule has 0 bridgehead atoms. The Morgan fingerprint density at radius 1 is 1.29 bits per heavy atom. The molecule has 0 aromatic heterocycles. The van der Waals surface area contributed by atoms with Crippen molar-refractivity contribution in [3.63, 3.8) is 0 Å². The van der Waals surface area contributed by atoms with Crippen molar-refractivity contribution in [3.05, 3.63) is 33.9 Å². The number of hydrogen-bond donors (Lipinski definition) is 1. The molecule has 1 heterocycles. The van der Waals surface area contributed by atoms with E-state index in [1.54, 1.807) is 17.0 Å². The number of unbranched alkanes of at least 4 members (excludes halogenated alkanes) is 1. The van der Waals surface area contributed by atoms with E-state index in [1.165, 1.54) is 6.07 Å². The second-order valence-corrected chi connectivity index (χ2v) is 4.93. The van der Waals surface area contributed by atoms with Crippen LogP contribution in [-0.2, 0) is 16.0 Å². The van der Waals surface area contributed by atoms with Crippen molar-refractivity contribution in [2.75, 3.05) is 11.4 Å². The molecule has 0 saturated carbocycles. The van der Waals surface area contributed by atoms with Gasteiger partial charge in [0.1, 0.15) is 0 Å². The number of carbonyl (C=O) groups is 2. The number of fused-ring (bicyclic) bond motifs is 1. The molecule has 0 atom stereocenters. The number of anilines is 1. The molecule has 0 spiro atoms. The van der Waals surface area contributed by atoms with Crippen LogP contribution in [0.15, 0.2) is 18.2 Å². The molecule has 1 aliphatic rings. The summed E-state index contributed by atoms with van der Waals surface area (Å²) in [7, 11) is 0. The van der Waals surface area contributed by atoms with Gasteiger partial charge < -0.3 is 10.0 Å². The third kappa shape index (κ3) is 3.36. The van der Waals surface area contributed by atoms with Gasteiger partial charge in [0.2, 0.25) is 5.91 Å². The van der Waals surface area contributed by atoms with Gasteiger partial charge in [0.05, 0.1) is 16.2 Å². The van der Waals surface area contributed by atoms with E-state index in [0.29, 0.717) is 37.1 Å². The largest absolute Gasteiger partial charge is 0.481 e. The Bertz CT molecular complexity index is 585. The predicted octanol–water partition coefficient (Wildman–Crippen LogP) is 2.13. The first-order valence-electron chi connectivity index (χ1n) is 6.79. The molecule has 21 heavy (non-hydrogen) atoms. The highest BCUT2D eigenvalue weighted by molar-refractivity contribution is 5.96. The van der Waals surface area contributed by atoms with Crippen LogP contribution in [0.2, 0.25) is 0 Å². The van der Waals surface area contributed by atoms with Crippen LogP contribution in [0.25, 0.3) is 0 Å².